The summed E-state index contributed by atoms with van der Waals surface area (Å²) in [5.74, 6) is 0.871. The summed E-state index contributed by atoms with van der Waals surface area (Å²) in [6, 6.07) is 25.9. The molecule has 0 saturated heterocycles. The minimum Gasteiger partial charge on any atom is -0.493 e. The maximum absolute atomic E-state index is 12.5. The molecule has 0 aliphatic heterocycles. The van der Waals surface area contributed by atoms with Crippen LogP contribution in [0.1, 0.15) is 62.3 Å². The molecular formula is C34H41NO5SSi. The summed E-state index contributed by atoms with van der Waals surface area (Å²) in [6.07, 6.45) is 3.20. The quantitative estimate of drug-likeness (QED) is 0.0989. The molecule has 0 unspecified atom stereocenters. The number of aromatic nitrogens is 1. The summed E-state index contributed by atoms with van der Waals surface area (Å²) in [6.45, 7) is 8.98. The maximum Gasteiger partial charge on any atom is 0.358 e. The first-order chi connectivity index (χ1) is 20.2. The Balaban J connectivity index is 1.52. The van der Waals surface area contributed by atoms with Crippen LogP contribution in [0, 0.1) is 0 Å². The Morgan fingerprint density at radius 2 is 1.60 bits per heavy atom. The van der Waals surface area contributed by atoms with Crippen molar-refractivity contribution in [3.05, 3.63) is 89.4 Å². The molecule has 0 spiro atoms. The van der Waals surface area contributed by atoms with Crippen molar-refractivity contribution in [2.45, 2.75) is 58.4 Å². The van der Waals surface area contributed by atoms with Gasteiger partial charge in [0.25, 0.3) is 8.32 Å². The number of ether oxygens (including phenoxy) is 3. The second-order valence-electron chi connectivity index (χ2n) is 10.9. The predicted octanol–water partition coefficient (Wildman–Crippen LogP) is 6.64. The van der Waals surface area contributed by atoms with Crippen molar-refractivity contribution in [3.8, 4) is 22.1 Å². The highest BCUT2D eigenvalue weighted by Gasteiger charge is 2.49. The fourth-order valence-corrected chi connectivity index (χ4v) is 10.3. The molecule has 42 heavy (non-hydrogen) atoms. The minimum atomic E-state index is -3.08. The number of benzene rings is 3. The van der Waals surface area contributed by atoms with Crippen LogP contribution in [-0.4, -0.2) is 44.4 Å². The number of nitrogens with zero attached hydrogens (tertiary/aromatic N) is 1. The van der Waals surface area contributed by atoms with E-state index in [9.17, 15) is 9.59 Å². The molecule has 6 nitrogen and oxygen atoms in total. The molecule has 8 heteroatoms. The molecule has 0 fully saturated rings. The second kappa shape index (κ2) is 14.1. The molecule has 0 saturated carbocycles. The van der Waals surface area contributed by atoms with E-state index in [1.54, 1.807) is 14.0 Å². The molecule has 4 aromatic rings. The van der Waals surface area contributed by atoms with Crippen LogP contribution in [0.3, 0.4) is 0 Å². The highest BCUT2D eigenvalue weighted by Crippen LogP contribution is 2.40. The molecule has 3 aromatic carbocycles. The second-order valence-corrected chi connectivity index (χ2v) is 15.9. The smallest absolute Gasteiger partial charge is 0.358 e. The Labute approximate surface area is 254 Å². The SMILES string of the molecule is CCCc1sc(-c2ccc(OC)c(OCCCC(C)(C)[Si](O)(c3ccccc3)c3ccccc3)c2)nc1C(=O)OCC. The first-order valence-corrected chi connectivity index (χ1v) is 17.3. The van der Waals surface area contributed by atoms with Gasteiger partial charge in [-0.3, -0.25) is 0 Å². The van der Waals surface area contributed by atoms with Crippen LogP contribution in [0.15, 0.2) is 78.9 Å². The van der Waals surface area contributed by atoms with Crippen LogP contribution < -0.4 is 19.8 Å². The third-order valence-corrected chi connectivity index (χ3v) is 13.3. The Hall–Kier alpha value is -3.46. The lowest BCUT2D eigenvalue weighted by Gasteiger charge is -2.41. The Bertz CT molecular complexity index is 1420. The van der Waals surface area contributed by atoms with Crippen LogP contribution in [0.2, 0.25) is 5.04 Å². The van der Waals surface area contributed by atoms with Gasteiger partial charge < -0.3 is 19.0 Å². The lowest BCUT2D eigenvalue weighted by atomic mass is 10.1. The maximum atomic E-state index is 12.5. The lowest BCUT2D eigenvalue weighted by molar-refractivity contribution is 0.0519. The first-order valence-electron chi connectivity index (χ1n) is 14.6. The number of hydrogen-bond acceptors (Lipinski definition) is 7. The largest absolute Gasteiger partial charge is 0.493 e. The highest BCUT2D eigenvalue weighted by atomic mass is 32.1. The molecule has 0 atom stereocenters. The number of esters is 1. The lowest BCUT2D eigenvalue weighted by Crippen LogP contribution is -2.65. The Morgan fingerprint density at radius 1 is 0.952 bits per heavy atom. The fourth-order valence-electron chi connectivity index (χ4n) is 5.34. The molecule has 0 amide bonds. The van der Waals surface area contributed by atoms with Gasteiger partial charge in [-0.25, -0.2) is 9.78 Å². The van der Waals surface area contributed by atoms with E-state index in [1.165, 1.54) is 11.3 Å². The molecular weight excluding hydrogens is 563 g/mol. The summed E-state index contributed by atoms with van der Waals surface area (Å²) in [5.41, 5.74) is 1.26. The van der Waals surface area contributed by atoms with E-state index < -0.39 is 8.32 Å². The third-order valence-electron chi connectivity index (χ3n) is 7.62. The Morgan fingerprint density at radius 3 is 2.17 bits per heavy atom. The minimum absolute atomic E-state index is 0.311. The predicted molar refractivity (Wildman–Crippen MR) is 173 cm³/mol. The molecule has 0 radical (unpaired) electrons. The van der Waals surface area contributed by atoms with E-state index in [-0.39, 0.29) is 11.0 Å². The molecule has 0 aliphatic carbocycles. The molecule has 1 heterocycles. The van der Waals surface area contributed by atoms with Crippen molar-refractivity contribution >= 4 is 36.0 Å². The van der Waals surface area contributed by atoms with Gasteiger partial charge in [-0.2, -0.15) is 0 Å². The monoisotopic (exact) mass is 603 g/mol. The van der Waals surface area contributed by atoms with E-state index in [4.69, 9.17) is 14.2 Å². The molecule has 222 valence electrons. The standard InChI is InChI=1S/C34H41NO5SSi/c1-6-15-30-31(33(36)39-7-2)35-32(41-30)25-20-21-28(38-5)29(24-25)40-23-14-22-34(3,4)42(37,26-16-10-8-11-17-26)27-18-12-9-13-19-27/h8-13,16-21,24,37H,6-7,14-15,22-23H2,1-5H3. The average molecular weight is 604 g/mol. The van der Waals surface area contributed by atoms with Crippen molar-refractivity contribution in [2.24, 2.45) is 0 Å². The van der Waals surface area contributed by atoms with Gasteiger partial charge in [-0.1, -0.05) is 87.9 Å². The van der Waals surface area contributed by atoms with E-state index >= 15 is 0 Å². The van der Waals surface area contributed by atoms with Crippen molar-refractivity contribution in [2.75, 3.05) is 20.3 Å². The molecule has 0 bridgehead atoms. The van der Waals surface area contributed by atoms with Gasteiger partial charge in [0, 0.05) is 10.4 Å². The van der Waals surface area contributed by atoms with Gasteiger partial charge in [0.2, 0.25) is 0 Å². The molecule has 0 aliphatic rings. The molecule has 1 aromatic heterocycles. The summed E-state index contributed by atoms with van der Waals surface area (Å²) in [7, 11) is -1.46. The van der Waals surface area contributed by atoms with Crippen LogP contribution in [0.25, 0.3) is 10.6 Å². The van der Waals surface area contributed by atoms with E-state index in [1.807, 2.05) is 78.9 Å². The molecule has 1 N–H and O–H groups in total. The zero-order valence-corrected chi connectivity index (χ0v) is 27.0. The van der Waals surface area contributed by atoms with Gasteiger partial charge in [-0.15, -0.1) is 11.3 Å². The van der Waals surface area contributed by atoms with Gasteiger partial charge in [-0.05, 0) is 59.8 Å². The normalized spacial score (nSPS) is 11.8. The van der Waals surface area contributed by atoms with Gasteiger partial charge >= 0.3 is 5.97 Å². The van der Waals surface area contributed by atoms with Crippen molar-refractivity contribution in [1.82, 2.24) is 4.98 Å². The van der Waals surface area contributed by atoms with Crippen molar-refractivity contribution in [3.63, 3.8) is 0 Å². The van der Waals surface area contributed by atoms with E-state index in [0.29, 0.717) is 30.4 Å². The van der Waals surface area contributed by atoms with Crippen LogP contribution in [0.5, 0.6) is 11.5 Å². The number of thiazole rings is 1. The summed E-state index contributed by atoms with van der Waals surface area (Å²) in [5, 5.41) is 2.40. The van der Waals surface area contributed by atoms with Gasteiger partial charge in [0.05, 0.1) is 20.3 Å². The molecule has 4 rings (SSSR count). The third kappa shape index (κ3) is 6.77. The average Bonchev–Trinajstić information content (AvgIpc) is 3.44. The van der Waals surface area contributed by atoms with E-state index in [0.717, 1.165) is 51.5 Å². The van der Waals surface area contributed by atoms with Crippen molar-refractivity contribution < 1.29 is 23.8 Å². The van der Waals surface area contributed by atoms with Crippen molar-refractivity contribution in [1.29, 1.82) is 0 Å². The van der Waals surface area contributed by atoms with E-state index in [2.05, 4.69) is 25.8 Å². The zero-order valence-electron chi connectivity index (χ0n) is 25.2. The van der Waals surface area contributed by atoms with Gasteiger partial charge in [0.15, 0.2) is 17.2 Å². The van der Waals surface area contributed by atoms with Crippen LogP contribution in [-0.2, 0) is 11.2 Å². The number of hydrogen-bond donors (Lipinski definition) is 1. The van der Waals surface area contributed by atoms with Crippen LogP contribution in [0.4, 0.5) is 0 Å². The number of aryl methyl sites for hydroxylation is 1. The topological polar surface area (TPSA) is 77.9 Å². The number of methoxy groups -OCH3 is 1. The number of rotatable bonds is 14. The fraction of sp³-hybridized carbons (Fsp3) is 0.353. The first kappa shape index (κ1) is 31.5. The number of carbonyl (C=O) groups is 1. The summed E-state index contributed by atoms with van der Waals surface area (Å²) < 4.78 is 17.1. The Kier molecular flexibility index (Phi) is 10.6. The summed E-state index contributed by atoms with van der Waals surface area (Å²) in [4.78, 5) is 30.5. The van der Waals surface area contributed by atoms with Crippen LogP contribution >= 0.6 is 11.3 Å². The number of carbonyl (C=O) groups excluding carboxylic acids is 1. The summed E-state index contributed by atoms with van der Waals surface area (Å²) >= 11 is 1.51. The van der Waals surface area contributed by atoms with Gasteiger partial charge in [0.1, 0.15) is 5.01 Å². The highest BCUT2D eigenvalue weighted by molar-refractivity contribution is 7.15. The zero-order chi connectivity index (χ0) is 30.2.